The van der Waals surface area contributed by atoms with Gasteiger partial charge in [0, 0.05) is 43.8 Å². The molecule has 0 spiro atoms. The third kappa shape index (κ3) is 4.60. The molecular weight excluding hydrogens is 615 g/mol. The number of benzene rings is 7. The summed E-state index contributed by atoms with van der Waals surface area (Å²) in [6.07, 6.45) is 0. The molecule has 0 radical (unpaired) electrons. The van der Waals surface area contributed by atoms with Crippen LogP contribution in [0.25, 0.3) is 100 Å². The molecule has 0 saturated heterocycles. The zero-order chi connectivity index (χ0) is 33.0. The second-order valence-corrected chi connectivity index (χ2v) is 12.4. The molecule has 0 aliphatic carbocycles. The molecule has 10 aromatic rings. The SMILES string of the molecule is c1ccc(-c2ccc(-c3cccc4c3oc3cccc(-c5nc(-c6ccccc6)nc(-c6cccc7oc8ccccc8c67)n5)c34)cc2)cc1. The van der Waals surface area contributed by atoms with Crippen molar-refractivity contribution >= 4 is 43.9 Å². The van der Waals surface area contributed by atoms with Crippen molar-refractivity contribution in [1.82, 2.24) is 15.0 Å². The Morgan fingerprint density at radius 2 is 0.780 bits per heavy atom. The van der Waals surface area contributed by atoms with E-state index in [1.54, 1.807) is 0 Å². The van der Waals surface area contributed by atoms with E-state index in [9.17, 15) is 0 Å². The summed E-state index contributed by atoms with van der Waals surface area (Å²) in [4.78, 5) is 15.3. The van der Waals surface area contributed by atoms with E-state index in [1.165, 1.54) is 11.1 Å². The summed E-state index contributed by atoms with van der Waals surface area (Å²) >= 11 is 0. The number of nitrogens with zero attached hydrogens (tertiary/aromatic N) is 3. The third-order valence-electron chi connectivity index (χ3n) is 9.38. The Bertz CT molecular complexity index is 2850. The Hall–Kier alpha value is -6.85. The molecule has 50 heavy (non-hydrogen) atoms. The lowest BCUT2D eigenvalue weighted by Gasteiger charge is -2.10. The lowest BCUT2D eigenvalue weighted by Crippen LogP contribution is -2.00. The molecule has 5 nitrogen and oxygen atoms in total. The van der Waals surface area contributed by atoms with Gasteiger partial charge < -0.3 is 8.83 Å². The summed E-state index contributed by atoms with van der Waals surface area (Å²) in [5.74, 6) is 1.75. The molecule has 0 amide bonds. The largest absolute Gasteiger partial charge is 0.456 e. The van der Waals surface area contributed by atoms with Gasteiger partial charge in [-0.05, 0) is 34.9 Å². The zero-order valence-corrected chi connectivity index (χ0v) is 26.7. The minimum Gasteiger partial charge on any atom is -0.456 e. The Kier molecular flexibility index (Phi) is 6.42. The number of fused-ring (bicyclic) bond motifs is 6. The van der Waals surface area contributed by atoms with Crippen molar-refractivity contribution in [1.29, 1.82) is 0 Å². The van der Waals surface area contributed by atoms with E-state index in [-0.39, 0.29) is 0 Å². The molecule has 0 aliphatic rings. The van der Waals surface area contributed by atoms with Gasteiger partial charge in [0.1, 0.15) is 22.3 Å². The molecule has 0 aliphatic heterocycles. The zero-order valence-electron chi connectivity index (χ0n) is 26.7. The van der Waals surface area contributed by atoms with Gasteiger partial charge in [0.05, 0.1) is 0 Å². The number of para-hydroxylation sites is 2. The fourth-order valence-corrected chi connectivity index (χ4v) is 7.03. The Morgan fingerprint density at radius 3 is 1.50 bits per heavy atom. The highest BCUT2D eigenvalue weighted by Gasteiger charge is 2.21. The second-order valence-electron chi connectivity index (χ2n) is 12.4. The van der Waals surface area contributed by atoms with Crippen LogP contribution in [0.5, 0.6) is 0 Å². The van der Waals surface area contributed by atoms with Crippen molar-refractivity contribution < 1.29 is 8.83 Å². The molecule has 0 unspecified atom stereocenters. The van der Waals surface area contributed by atoms with E-state index >= 15 is 0 Å². The molecule has 10 rings (SSSR count). The van der Waals surface area contributed by atoms with Crippen molar-refractivity contribution in [3.05, 3.63) is 164 Å². The first-order valence-corrected chi connectivity index (χ1v) is 16.6. The van der Waals surface area contributed by atoms with Crippen molar-refractivity contribution in [2.75, 3.05) is 0 Å². The molecule has 5 heteroatoms. The van der Waals surface area contributed by atoms with Crippen LogP contribution in [0.2, 0.25) is 0 Å². The van der Waals surface area contributed by atoms with E-state index in [4.69, 9.17) is 23.8 Å². The normalized spacial score (nSPS) is 11.6. The van der Waals surface area contributed by atoms with Crippen LogP contribution in [0.15, 0.2) is 173 Å². The molecule has 0 bridgehead atoms. The second kappa shape index (κ2) is 11.4. The van der Waals surface area contributed by atoms with Crippen molar-refractivity contribution in [2.24, 2.45) is 0 Å². The number of hydrogen-bond donors (Lipinski definition) is 0. The molecule has 0 N–H and O–H groups in total. The van der Waals surface area contributed by atoms with Gasteiger partial charge in [0.25, 0.3) is 0 Å². The average Bonchev–Trinajstić information content (AvgIpc) is 3.77. The average molecular weight is 642 g/mol. The third-order valence-corrected chi connectivity index (χ3v) is 9.38. The van der Waals surface area contributed by atoms with Gasteiger partial charge in [-0.2, -0.15) is 0 Å². The standard InChI is InChI=1S/C45H27N3O2/c1-3-12-28(13-4-1)29-24-26-30(27-25-29)32-17-9-18-34-41-36(20-11-23-39(41)50-42(32)34)45-47-43(31-14-5-2-6-15-31)46-44(48-45)35-19-10-22-38-40(35)33-16-7-8-21-37(33)49-38/h1-27H. The predicted molar refractivity (Wildman–Crippen MR) is 202 cm³/mol. The maximum absolute atomic E-state index is 6.66. The smallest absolute Gasteiger partial charge is 0.164 e. The molecule has 3 heterocycles. The lowest BCUT2D eigenvalue weighted by molar-refractivity contribution is 0.669. The van der Waals surface area contributed by atoms with E-state index in [2.05, 4.69) is 84.9 Å². The summed E-state index contributed by atoms with van der Waals surface area (Å²) < 4.78 is 12.9. The molecule has 234 valence electrons. The topological polar surface area (TPSA) is 65.0 Å². The first kappa shape index (κ1) is 28.2. The number of furan rings is 2. The van der Waals surface area contributed by atoms with Crippen LogP contribution in [-0.4, -0.2) is 15.0 Å². The van der Waals surface area contributed by atoms with Gasteiger partial charge in [-0.1, -0.05) is 146 Å². The lowest BCUT2D eigenvalue weighted by atomic mass is 9.98. The maximum atomic E-state index is 6.66. The van der Waals surface area contributed by atoms with Gasteiger partial charge in [-0.3, -0.25) is 0 Å². The molecule has 7 aromatic carbocycles. The van der Waals surface area contributed by atoms with Crippen molar-refractivity contribution in [3.63, 3.8) is 0 Å². The van der Waals surface area contributed by atoms with Gasteiger partial charge in [0.15, 0.2) is 17.5 Å². The van der Waals surface area contributed by atoms with Crippen LogP contribution in [0.4, 0.5) is 0 Å². The van der Waals surface area contributed by atoms with Crippen LogP contribution in [0.3, 0.4) is 0 Å². The Labute approximate surface area is 287 Å². The summed E-state index contributed by atoms with van der Waals surface area (Å²) in [7, 11) is 0. The van der Waals surface area contributed by atoms with Gasteiger partial charge in [0.2, 0.25) is 0 Å². The Balaban J connectivity index is 1.18. The summed E-state index contributed by atoms with van der Waals surface area (Å²) in [6.45, 7) is 0. The molecular formula is C45H27N3O2. The Morgan fingerprint density at radius 1 is 0.300 bits per heavy atom. The van der Waals surface area contributed by atoms with Crippen LogP contribution >= 0.6 is 0 Å². The first-order chi connectivity index (χ1) is 24.8. The van der Waals surface area contributed by atoms with Crippen molar-refractivity contribution in [3.8, 4) is 56.4 Å². The summed E-state index contributed by atoms with van der Waals surface area (Å²) in [5, 5.41) is 3.97. The van der Waals surface area contributed by atoms with E-state index in [1.807, 2.05) is 78.9 Å². The minimum atomic E-state index is 0.574. The quantitative estimate of drug-likeness (QED) is 0.187. The highest BCUT2D eigenvalue weighted by Crippen LogP contribution is 2.41. The monoisotopic (exact) mass is 641 g/mol. The number of aromatic nitrogens is 3. The van der Waals surface area contributed by atoms with Gasteiger partial charge >= 0.3 is 0 Å². The van der Waals surface area contributed by atoms with E-state index in [0.29, 0.717) is 17.5 Å². The highest BCUT2D eigenvalue weighted by atomic mass is 16.3. The van der Waals surface area contributed by atoms with E-state index < -0.39 is 0 Å². The van der Waals surface area contributed by atoms with Crippen LogP contribution in [0.1, 0.15) is 0 Å². The number of rotatable bonds is 5. The maximum Gasteiger partial charge on any atom is 0.164 e. The van der Waals surface area contributed by atoms with Crippen LogP contribution in [0, 0.1) is 0 Å². The van der Waals surface area contributed by atoms with Gasteiger partial charge in [-0.15, -0.1) is 0 Å². The van der Waals surface area contributed by atoms with E-state index in [0.717, 1.165) is 71.7 Å². The minimum absolute atomic E-state index is 0.574. The van der Waals surface area contributed by atoms with Gasteiger partial charge in [-0.25, -0.2) is 15.0 Å². The molecule has 0 saturated carbocycles. The first-order valence-electron chi connectivity index (χ1n) is 16.6. The number of hydrogen-bond acceptors (Lipinski definition) is 5. The fourth-order valence-electron chi connectivity index (χ4n) is 7.03. The summed E-state index contributed by atoms with van der Waals surface area (Å²) in [5.41, 5.74) is 10.4. The molecule has 0 fully saturated rings. The summed E-state index contributed by atoms with van der Waals surface area (Å²) in [6, 6.07) is 55.7. The molecule has 0 atom stereocenters. The molecule has 3 aromatic heterocycles. The fraction of sp³-hybridized carbons (Fsp3) is 0. The van der Waals surface area contributed by atoms with Crippen LogP contribution in [-0.2, 0) is 0 Å². The highest BCUT2D eigenvalue weighted by molar-refractivity contribution is 6.15. The van der Waals surface area contributed by atoms with Crippen LogP contribution < -0.4 is 0 Å². The predicted octanol–water partition coefficient (Wildman–Crippen LogP) is 12.0. The van der Waals surface area contributed by atoms with Crippen molar-refractivity contribution in [2.45, 2.75) is 0 Å².